The first kappa shape index (κ1) is 46.0. The van der Waals surface area contributed by atoms with Gasteiger partial charge in [0.1, 0.15) is 16.5 Å². The van der Waals surface area contributed by atoms with Crippen LogP contribution in [0.2, 0.25) is 0 Å². The third-order valence-electron chi connectivity index (χ3n) is 11.1. The van der Waals surface area contributed by atoms with Crippen LogP contribution in [0.5, 0.6) is 23.0 Å². The molecule has 1 N–H and O–H groups in total. The number of nitrogens with one attached hydrogen (secondary N) is 1. The molecular weight excluding hydrogens is 805 g/mol. The number of hydrogen-bond acceptors (Lipinski definition) is 11. The fourth-order valence-corrected chi connectivity index (χ4v) is 8.70. The molecular formula is C49H60N4O8S. The van der Waals surface area contributed by atoms with Crippen molar-refractivity contribution >= 4 is 21.8 Å². The first-order valence-corrected chi connectivity index (χ1v) is 22.7. The van der Waals surface area contributed by atoms with Crippen molar-refractivity contribution in [3.05, 3.63) is 136 Å². The minimum Gasteiger partial charge on any atom is -0.490 e. The van der Waals surface area contributed by atoms with E-state index in [1.54, 1.807) is 24.3 Å². The van der Waals surface area contributed by atoms with E-state index in [2.05, 4.69) is 29.0 Å². The van der Waals surface area contributed by atoms with Crippen LogP contribution in [-0.4, -0.2) is 86.8 Å². The van der Waals surface area contributed by atoms with Crippen molar-refractivity contribution < 1.29 is 36.9 Å². The van der Waals surface area contributed by atoms with E-state index in [1.165, 1.54) is 10.5 Å². The second-order valence-corrected chi connectivity index (χ2v) is 18.0. The maximum Gasteiger partial charge on any atom is 0.343 e. The highest BCUT2D eigenvalue weighted by atomic mass is 32.2. The molecule has 62 heavy (non-hydrogen) atoms. The van der Waals surface area contributed by atoms with Crippen LogP contribution in [0.1, 0.15) is 71.4 Å². The fourth-order valence-electron chi connectivity index (χ4n) is 7.34. The van der Waals surface area contributed by atoms with Crippen molar-refractivity contribution in [1.29, 1.82) is 0 Å². The van der Waals surface area contributed by atoms with Gasteiger partial charge in [-0.05, 0) is 106 Å². The van der Waals surface area contributed by atoms with Crippen LogP contribution in [0.4, 0.5) is 5.82 Å². The van der Waals surface area contributed by atoms with Crippen LogP contribution < -0.4 is 24.3 Å². The smallest absolute Gasteiger partial charge is 0.343 e. The molecule has 1 fully saturated rings. The van der Waals surface area contributed by atoms with Gasteiger partial charge in [0.05, 0.1) is 38.6 Å². The predicted octanol–water partition coefficient (Wildman–Crippen LogP) is 8.56. The molecule has 12 nitrogen and oxygen atoms in total. The number of aromatic nitrogens is 1. The van der Waals surface area contributed by atoms with Gasteiger partial charge in [-0.3, -0.25) is 4.90 Å². The average molecular weight is 865 g/mol. The van der Waals surface area contributed by atoms with E-state index in [1.807, 2.05) is 101 Å². The highest BCUT2D eigenvalue weighted by Gasteiger charge is 2.29. The van der Waals surface area contributed by atoms with Crippen LogP contribution >= 0.6 is 0 Å². The van der Waals surface area contributed by atoms with Crippen LogP contribution in [0.15, 0.2) is 102 Å². The molecule has 0 saturated carbocycles. The second kappa shape index (κ2) is 21.1. The maximum atomic E-state index is 14.3. The molecule has 0 amide bonds. The Morgan fingerprint density at radius 3 is 2.15 bits per heavy atom. The van der Waals surface area contributed by atoms with Crippen molar-refractivity contribution in [3.8, 4) is 23.0 Å². The van der Waals surface area contributed by atoms with Crippen LogP contribution in [0, 0.1) is 20.8 Å². The molecule has 4 aromatic carbocycles. The van der Waals surface area contributed by atoms with Gasteiger partial charge in [-0.1, -0.05) is 66.7 Å². The molecule has 13 heteroatoms. The zero-order valence-electron chi connectivity index (χ0n) is 37.0. The lowest BCUT2D eigenvalue weighted by atomic mass is 10.0. The molecule has 0 atom stereocenters. The number of carbonyl (C=O) groups excluding carboxylic acids is 1. The van der Waals surface area contributed by atoms with E-state index in [4.69, 9.17) is 23.7 Å². The molecule has 1 saturated heterocycles. The molecule has 1 aliphatic heterocycles. The molecule has 6 rings (SSSR count). The average Bonchev–Trinajstić information content (AvgIpc) is 3.27. The summed E-state index contributed by atoms with van der Waals surface area (Å²) in [7, 11) is -3.97. The highest BCUT2D eigenvalue weighted by Crippen LogP contribution is 2.40. The number of sulfonamides is 1. The Bertz CT molecular complexity index is 2380. The van der Waals surface area contributed by atoms with Gasteiger partial charge in [-0.15, -0.1) is 0 Å². The van der Waals surface area contributed by atoms with Gasteiger partial charge < -0.3 is 29.0 Å². The molecule has 0 spiro atoms. The number of morpholine rings is 1. The number of ether oxygens (including phenoxy) is 5. The lowest BCUT2D eigenvalue weighted by molar-refractivity contribution is -0.00570. The Balaban J connectivity index is 1.17. The minimum absolute atomic E-state index is 0.114. The molecule has 0 radical (unpaired) electrons. The summed E-state index contributed by atoms with van der Waals surface area (Å²) in [5.74, 6) is 1.74. The predicted molar refractivity (Wildman–Crippen MR) is 242 cm³/mol. The summed E-state index contributed by atoms with van der Waals surface area (Å²) in [5, 5.41) is 3.40. The maximum absolute atomic E-state index is 14.3. The summed E-state index contributed by atoms with van der Waals surface area (Å²) in [6.07, 6.45) is 1.92. The molecule has 2 heterocycles. The van der Waals surface area contributed by atoms with Gasteiger partial charge in [0.15, 0.2) is 11.5 Å². The van der Waals surface area contributed by atoms with Gasteiger partial charge in [0, 0.05) is 50.9 Å². The summed E-state index contributed by atoms with van der Waals surface area (Å²) < 4.78 is 59.9. The van der Waals surface area contributed by atoms with E-state index in [0.717, 1.165) is 46.5 Å². The monoisotopic (exact) mass is 864 g/mol. The normalized spacial score (nSPS) is 13.5. The Kier molecular flexibility index (Phi) is 15.6. The zero-order chi connectivity index (χ0) is 44.3. The third kappa shape index (κ3) is 11.7. The summed E-state index contributed by atoms with van der Waals surface area (Å²) in [4.78, 5) is 20.6. The van der Waals surface area contributed by atoms with Crippen LogP contribution in [0.3, 0.4) is 0 Å². The van der Waals surface area contributed by atoms with Crippen molar-refractivity contribution in [2.45, 2.75) is 78.4 Å². The molecule has 5 aromatic rings. The number of carbonyl (C=O) groups is 1. The Labute approximate surface area is 367 Å². The van der Waals surface area contributed by atoms with Crippen molar-refractivity contribution in [1.82, 2.24) is 14.2 Å². The Hall–Kier alpha value is -5.47. The van der Waals surface area contributed by atoms with Gasteiger partial charge in [-0.2, -0.15) is 4.31 Å². The highest BCUT2D eigenvalue weighted by molar-refractivity contribution is 7.89. The van der Waals surface area contributed by atoms with E-state index in [9.17, 15) is 13.2 Å². The first-order chi connectivity index (χ1) is 29.8. The van der Waals surface area contributed by atoms with Crippen molar-refractivity contribution in [2.24, 2.45) is 0 Å². The molecule has 1 aliphatic rings. The van der Waals surface area contributed by atoms with Crippen LogP contribution in [-0.2, 0) is 34.3 Å². The topological polar surface area (TPSA) is 129 Å². The number of esters is 1. The van der Waals surface area contributed by atoms with E-state index in [0.29, 0.717) is 68.2 Å². The number of pyridine rings is 1. The minimum atomic E-state index is -3.97. The van der Waals surface area contributed by atoms with Gasteiger partial charge >= 0.3 is 5.97 Å². The molecule has 0 unspecified atom stereocenters. The number of rotatable bonds is 20. The summed E-state index contributed by atoms with van der Waals surface area (Å²) in [6.45, 7) is 19.0. The third-order valence-corrected chi connectivity index (χ3v) is 12.8. The van der Waals surface area contributed by atoms with Gasteiger partial charge in [0.25, 0.3) is 0 Å². The number of anilines is 1. The molecule has 1 aromatic heterocycles. The summed E-state index contributed by atoms with van der Waals surface area (Å²) in [6, 6.07) is 27.9. The Morgan fingerprint density at radius 1 is 0.790 bits per heavy atom. The Morgan fingerprint density at radius 2 is 1.45 bits per heavy atom. The summed E-state index contributed by atoms with van der Waals surface area (Å²) >= 11 is 0. The van der Waals surface area contributed by atoms with E-state index < -0.39 is 16.0 Å². The molecule has 0 aliphatic carbocycles. The van der Waals surface area contributed by atoms with E-state index in [-0.39, 0.29) is 35.7 Å². The molecule has 0 bridgehead atoms. The lowest BCUT2D eigenvalue weighted by Gasteiger charge is -2.41. The van der Waals surface area contributed by atoms with Gasteiger partial charge in [-0.25, -0.2) is 18.2 Å². The van der Waals surface area contributed by atoms with Gasteiger partial charge in [0.2, 0.25) is 15.8 Å². The largest absolute Gasteiger partial charge is 0.490 e. The van der Waals surface area contributed by atoms with Crippen molar-refractivity contribution in [3.63, 3.8) is 0 Å². The SMILES string of the molecule is CCOc1cc(C(=O)Oc2c(C)ccc(C)c2C)cc(OCCc2cccc(CN(Cc3ccccc3)S(=O)(=O)c3ccc(NCC(C)(C)N4CCOCC4)nc3)c2)c1OCC. The number of nitrogens with zero attached hydrogens (tertiary/aromatic N) is 3. The van der Waals surface area contributed by atoms with Crippen LogP contribution in [0.25, 0.3) is 0 Å². The van der Waals surface area contributed by atoms with Crippen molar-refractivity contribution in [2.75, 3.05) is 58.0 Å². The standard InChI is InChI=1S/C49H60N4O8S/c1-8-58-43-29-41(48(54)61-46-36(4)19-18-35(3)37(46)5)30-44(47(43)59-9-2)60-25-22-38-16-13-17-40(28-38)33-53(32-39-14-11-10-12-15-39)62(55,56)42-20-21-45(50-31-42)51-34-49(6,7)52-23-26-57-27-24-52/h10-21,28-31H,8-9,22-27,32-34H2,1-7H3,(H,50,51). The number of hydrogen-bond donors (Lipinski definition) is 1. The number of benzene rings is 4. The molecule has 330 valence electrons. The quantitative estimate of drug-likeness (QED) is 0.0597. The number of aryl methyl sites for hydroxylation is 2. The lowest BCUT2D eigenvalue weighted by Crippen LogP contribution is -2.53. The second-order valence-electron chi connectivity index (χ2n) is 16.0. The van der Waals surface area contributed by atoms with E-state index >= 15 is 0 Å². The summed E-state index contributed by atoms with van der Waals surface area (Å²) in [5.41, 5.74) is 5.54. The first-order valence-electron chi connectivity index (χ1n) is 21.3. The fraction of sp³-hybridized carbons (Fsp3) is 0.388. The zero-order valence-corrected chi connectivity index (χ0v) is 37.8.